The van der Waals surface area contributed by atoms with Crippen molar-refractivity contribution in [1.29, 1.82) is 0 Å². The molecule has 3 heterocycles. The van der Waals surface area contributed by atoms with E-state index in [1.54, 1.807) is 35.5 Å². The van der Waals surface area contributed by atoms with Crippen molar-refractivity contribution in [2.75, 3.05) is 0 Å². The van der Waals surface area contributed by atoms with E-state index in [1.165, 1.54) is 12.1 Å². The molecule has 174 valence electrons. The Morgan fingerprint density at radius 3 is 2.76 bits per heavy atom. The lowest BCUT2D eigenvalue weighted by atomic mass is 9.75. The molecule has 7 heteroatoms. The summed E-state index contributed by atoms with van der Waals surface area (Å²) in [5.41, 5.74) is 10.7. The normalized spacial score (nSPS) is 20.5. The van der Waals surface area contributed by atoms with Crippen LogP contribution in [0.5, 0.6) is 0 Å². The van der Waals surface area contributed by atoms with E-state index >= 15 is 0 Å². The van der Waals surface area contributed by atoms with Gasteiger partial charge in [0, 0.05) is 66.4 Å². The molecule has 0 unspecified atom stereocenters. The smallest absolute Gasteiger partial charge is 0.169 e. The van der Waals surface area contributed by atoms with Crippen LogP contribution < -0.4 is 5.73 Å². The molecule has 4 aromatic rings. The highest BCUT2D eigenvalue weighted by Gasteiger charge is 2.27. The summed E-state index contributed by atoms with van der Waals surface area (Å²) in [6.45, 7) is 2.23. The van der Waals surface area contributed by atoms with Crippen molar-refractivity contribution >= 4 is 16.7 Å². The van der Waals surface area contributed by atoms with Crippen LogP contribution in [0.4, 0.5) is 4.39 Å². The third kappa shape index (κ3) is 4.35. The van der Waals surface area contributed by atoms with E-state index in [0.717, 1.165) is 41.5 Å². The molecule has 0 saturated heterocycles. The number of hydrogen-bond donors (Lipinski definition) is 1. The number of nitrogens with zero attached hydrogens (tertiary/aromatic N) is 4. The predicted octanol–water partition coefficient (Wildman–Crippen LogP) is 4.83. The van der Waals surface area contributed by atoms with Gasteiger partial charge in [0.15, 0.2) is 5.78 Å². The van der Waals surface area contributed by atoms with Crippen LogP contribution in [0.2, 0.25) is 0 Å². The van der Waals surface area contributed by atoms with E-state index in [0.29, 0.717) is 28.3 Å². The lowest BCUT2D eigenvalue weighted by Gasteiger charge is -2.32. The van der Waals surface area contributed by atoms with Crippen molar-refractivity contribution in [3.05, 3.63) is 77.8 Å². The van der Waals surface area contributed by atoms with Crippen molar-refractivity contribution in [3.63, 3.8) is 0 Å². The van der Waals surface area contributed by atoms with Crippen molar-refractivity contribution in [1.82, 2.24) is 19.7 Å². The summed E-state index contributed by atoms with van der Waals surface area (Å²) in [4.78, 5) is 22.2. The number of ketones is 1. The van der Waals surface area contributed by atoms with Gasteiger partial charge in [-0.25, -0.2) is 4.39 Å². The molecule has 0 aliphatic heterocycles. The molecule has 0 spiro atoms. The Kier molecular flexibility index (Phi) is 5.96. The third-order valence-electron chi connectivity index (χ3n) is 6.85. The number of carbonyl (C=O) groups excluding carboxylic acids is 1. The van der Waals surface area contributed by atoms with Crippen LogP contribution in [0.3, 0.4) is 0 Å². The molecular weight excluding hydrogens is 429 g/mol. The summed E-state index contributed by atoms with van der Waals surface area (Å²) in [6.07, 6.45) is 12.0. The van der Waals surface area contributed by atoms with Crippen LogP contribution in [0.15, 0.2) is 55.2 Å². The molecule has 2 N–H and O–H groups in total. The zero-order valence-electron chi connectivity index (χ0n) is 19.4. The number of nitrogens with two attached hydrogens (primary N) is 1. The number of rotatable bonds is 5. The summed E-state index contributed by atoms with van der Waals surface area (Å²) in [7, 11) is 1.82. The summed E-state index contributed by atoms with van der Waals surface area (Å²) in [6, 6.07) is 6.79. The van der Waals surface area contributed by atoms with Gasteiger partial charge in [0.1, 0.15) is 5.82 Å². The molecule has 0 bridgehead atoms. The van der Waals surface area contributed by atoms with Crippen LogP contribution in [-0.4, -0.2) is 31.6 Å². The van der Waals surface area contributed by atoms with Gasteiger partial charge >= 0.3 is 0 Å². The first-order valence-corrected chi connectivity index (χ1v) is 11.7. The van der Waals surface area contributed by atoms with Crippen LogP contribution in [0.1, 0.15) is 53.6 Å². The molecule has 5 rings (SSSR count). The standard InChI is InChI=1S/C27H28FN5O/c1-16-7-17(9-21(29)8-16)22-5-6-30-12-19(22)11-26(34)23-3-4-25(28)24-10-18(13-31-27(23)24)20-14-32-33(2)15-20/h3-6,10,12-17,21H,7-9,11,29H2,1-2H3/t16-,17+,21-/m0/s1. The van der Waals surface area contributed by atoms with Gasteiger partial charge in [-0.1, -0.05) is 6.92 Å². The molecule has 34 heavy (non-hydrogen) atoms. The molecule has 3 atom stereocenters. The number of hydrogen-bond acceptors (Lipinski definition) is 5. The van der Waals surface area contributed by atoms with Crippen LogP contribution in [0.25, 0.3) is 22.0 Å². The maximum atomic E-state index is 14.7. The highest BCUT2D eigenvalue weighted by atomic mass is 19.1. The van der Waals surface area contributed by atoms with E-state index in [2.05, 4.69) is 22.0 Å². The van der Waals surface area contributed by atoms with E-state index in [-0.39, 0.29) is 18.2 Å². The average molecular weight is 458 g/mol. The highest BCUT2D eigenvalue weighted by Crippen LogP contribution is 2.37. The van der Waals surface area contributed by atoms with Gasteiger partial charge in [0.25, 0.3) is 0 Å². The van der Waals surface area contributed by atoms with Gasteiger partial charge in [-0.2, -0.15) is 5.10 Å². The van der Waals surface area contributed by atoms with Crippen molar-refractivity contribution in [3.8, 4) is 11.1 Å². The molecular formula is C27H28FN5O. The van der Waals surface area contributed by atoms with E-state index in [1.807, 2.05) is 19.3 Å². The lowest BCUT2D eigenvalue weighted by molar-refractivity contribution is 0.0994. The molecule has 0 radical (unpaired) electrons. The SMILES string of the molecule is C[C@@H]1C[C@H](N)C[C@H](c2ccncc2CC(=O)c2ccc(F)c3cc(-c4cnn(C)c4)cnc23)C1. The second kappa shape index (κ2) is 9.06. The van der Waals surface area contributed by atoms with E-state index in [4.69, 9.17) is 5.73 Å². The van der Waals surface area contributed by atoms with Gasteiger partial charge in [-0.3, -0.25) is 19.4 Å². The van der Waals surface area contributed by atoms with Gasteiger partial charge < -0.3 is 5.73 Å². The molecule has 1 aromatic carbocycles. The van der Waals surface area contributed by atoms with Crippen molar-refractivity contribution in [2.45, 2.75) is 44.6 Å². The minimum Gasteiger partial charge on any atom is -0.328 e. The number of pyridine rings is 2. The fourth-order valence-corrected chi connectivity index (χ4v) is 5.30. The Labute approximate surface area is 198 Å². The number of aryl methyl sites for hydroxylation is 1. The van der Waals surface area contributed by atoms with Gasteiger partial charge in [0.2, 0.25) is 0 Å². The fourth-order valence-electron chi connectivity index (χ4n) is 5.30. The lowest BCUT2D eigenvalue weighted by Crippen LogP contribution is -2.31. The topological polar surface area (TPSA) is 86.7 Å². The number of halogens is 1. The summed E-state index contributed by atoms with van der Waals surface area (Å²) in [5, 5.41) is 4.50. The maximum Gasteiger partial charge on any atom is 0.169 e. The van der Waals surface area contributed by atoms with Crippen LogP contribution in [-0.2, 0) is 13.5 Å². The minimum atomic E-state index is -0.406. The molecule has 6 nitrogen and oxygen atoms in total. The van der Waals surface area contributed by atoms with E-state index in [9.17, 15) is 9.18 Å². The largest absolute Gasteiger partial charge is 0.328 e. The fraction of sp³-hybridized carbons (Fsp3) is 0.333. The Morgan fingerprint density at radius 1 is 1.15 bits per heavy atom. The summed E-state index contributed by atoms with van der Waals surface area (Å²) in [5.74, 6) is 0.352. The average Bonchev–Trinajstić information content (AvgIpc) is 3.25. The monoisotopic (exact) mass is 457 g/mol. The van der Waals surface area contributed by atoms with Crippen LogP contribution >= 0.6 is 0 Å². The van der Waals surface area contributed by atoms with E-state index < -0.39 is 5.82 Å². The zero-order chi connectivity index (χ0) is 23.8. The molecule has 1 aliphatic carbocycles. The van der Waals surface area contributed by atoms with Crippen molar-refractivity contribution < 1.29 is 9.18 Å². The first kappa shape index (κ1) is 22.3. The van der Waals surface area contributed by atoms with Crippen molar-refractivity contribution in [2.24, 2.45) is 18.7 Å². The number of carbonyl (C=O) groups is 1. The molecule has 1 saturated carbocycles. The van der Waals surface area contributed by atoms with Gasteiger partial charge in [-0.05, 0) is 66.5 Å². The third-order valence-corrected chi connectivity index (χ3v) is 6.85. The minimum absolute atomic E-state index is 0.103. The molecule has 0 amide bonds. The van der Waals surface area contributed by atoms with Gasteiger partial charge in [-0.15, -0.1) is 0 Å². The maximum absolute atomic E-state index is 14.7. The Bertz CT molecular complexity index is 1350. The molecule has 1 fully saturated rings. The summed E-state index contributed by atoms with van der Waals surface area (Å²) < 4.78 is 16.4. The number of Topliss-reactive ketones (excluding diaryl/α,β-unsaturated/α-hetero) is 1. The predicted molar refractivity (Wildman–Crippen MR) is 130 cm³/mol. The Hall–Kier alpha value is -3.45. The second-order valence-electron chi connectivity index (χ2n) is 9.56. The number of benzene rings is 1. The highest BCUT2D eigenvalue weighted by molar-refractivity contribution is 6.08. The molecule has 3 aromatic heterocycles. The first-order chi connectivity index (χ1) is 16.4. The summed E-state index contributed by atoms with van der Waals surface area (Å²) >= 11 is 0. The van der Waals surface area contributed by atoms with Gasteiger partial charge in [0.05, 0.1) is 11.7 Å². The quantitative estimate of drug-likeness (QED) is 0.434. The second-order valence-corrected chi connectivity index (χ2v) is 9.56. The zero-order valence-corrected chi connectivity index (χ0v) is 19.4. The Balaban J connectivity index is 1.47. The number of fused-ring (bicyclic) bond motifs is 1. The first-order valence-electron chi connectivity index (χ1n) is 11.7. The molecule has 1 aliphatic rings. The Morgan fingerprint density at radius 2 is 2.00 bits per heavy atom. The van der Waals surface area contributed by atoms with Crippen LogP contribution in [0, 0.1) is 11.7 Å². The number of aromatic nitrogens is 4.